The lowest BCUT2D eigenvalue weighted by molar-refractivity contribution is -0.234. The van der Waals surface area contributed by atoms with Crippen molar-refractivity contribution < 1.29 is 38.8 Å². The van der Waals surface area contributed by atoms with E-state index >= 15 is 0 Å². The summed E-state index contributed by atoms with van der Waals surface area (Å²) < 4.78 is 15.6. The Morgan fingerprint density at radius 3 is 2.48 bits per heavy atom. The van der Waals surface area contributed by atoms with Crippen LogP contribution in [0.3, 0.4) is 0 Å². The van der Waals surface area contributed by atoms with Gasteiger partial charge >= 0.3 is 11.6 Å². The second-order valence-electron chi connectivity index (χ2n) is 8.43. The highest BCUT2D eigenvalue weighted by Crippen LogP contribution is 2.67. The van der Waals surface area contributed by atoms with Crippen molar-refractivity contribution in [3.63, 3.8) is 0 Å². The van der Waals surface area contributed by atoms with Crippen molar-refractivity contribution in [2.24, 2.45) is 5.92 Å². The molecule has 1 aromatic carbocycles. The molecule has 3 aliphatic rings. The molecule has 2 heterocycles. The molecule has 9 heteroatoms. The summed E-state index contributed by atoms with van der Waals surface area (Å²) in [7, 11) is 1.33. The minimum atomic E-state index is -2.74. The van der Waals surface area contributed by atoms with Gasteiger partial charge in [-0.1, -0.05) is 30.3 Å². The summed E-state index contributed by atoms with van der Waals surface area (Å²) >= 11 is 0. The number of hydrogen-bond acceptors (Lipinski definition) is 9. The highest BCUT2D eigenvalue weighted by atomic mass is 16.6. The summed E-state index contributed by atoms with van der Waals surface area (Å²) in [6, 6.07) is 10.2. The molecule has 2 saturated carbocycles. The molecule has 3 fully saturated rings. The van der Waals surface area contributed by atoms with E-state index in [4.69, 9.17) is 13.9 Å². The average Bonchev–Trinajstić information content (AvgIpc) is 2.76. The fourth-order valence-electron chi connectivity index (χ4n) is 5.72. The highest BCUT2D eigenvalue weighted by Gasteiger charge is 2.85. The molecule has 1 saturated heterocycles. The van der Waals surface area contributed by atoms with Crippen molar-refractivity contribution in [3.8, 4) is 5.75 Å². The van der Waals surface area contributed by atoms with Crippen LogP contribution in [-0.2, 0) is 9.53 Å². The van der Waals surface area contributed by atoms with E-state index in [0.29, 0.717) is 0 Å². The predicted molar refractivity (Wildman–Crippen MR) is 102 cm³/mol. The fourth-order valence-corrected chi connectivity index (χ4v) is 5.72. The van der Waals surface area contributed by atoms with Gasteiger partial charge in [0.1, 0.15) is 23.2 Å². The Morgan fingerprint density at radius 2 is 1.81 bits per heavy atom. The molecular weight excluding hydrogens is 408 g/mol. The van der Waals surface area contributed by atoms with E-state index in [0.717, 1.165) is 6.07 Å². The van der Waals surface area contributed by atoms with Crippen molar-refractivity contribution >= 4 is 11.8 Å². The molecule has 1 aliphatic heterocycles. The van der Waals surface area contributed by atoms with Crippen LogP contribution >= 0.6 is 0 Å². The van der Waals surface area contributed by atoms with Gasteiger partial charge in [-0.15, -0.1) is 0 Å². The number of benzene rings is 1. The van der Waals surface area contributed by atoms with E-state index in [-0.39, 0.29) is 29.9 Å². The second-order valence-corrected chi connectivity index (χ2v) is 8.43. The molecule has 31 heavy (non-hydrogen) atoms. The summed E-state index contributed by atoms with van der Waals surface area (Å²) in [5.41, 5.74) is -7.84. The van der Waals surface area contributed by atoms with E-state index in [2.05, 4.69) is 0 Å². The lowest BCUT2D eigenvalue weighted by Crippen LogP contribution is -2.67. The number of aliphatic hydroxyl groups is 3. The summed E-state index contributed by atoms with van der Waals surface area (Å²) in [4.78, 5) is 38.4. The van der Waals surface area contributed by atoms with Crippen molar-refractivity contribution in [1.29, 1.82) is 0 Å². The number of hydrogen-bond donors (Lipinski definition) is 3. The van der Waals surface area contributed by atoms with Crippen LogP contribution in [0.5, 0.6) is 5.75 Å². The average molecular weight is 428 g/mol. The van der Waals surface area contributed by atoms with Crippen LogP contribution in [0.4, 0.5) is 0 Å². The third-order valence-electron chi connectivity index (χ3n) is 6.84. The topological polar surface area (TPSA) is 144 Å². The van der Waals surface area contributed by atoms with Crippen LogP contribution < -0.4 is 10.4 Å². The zero-order valence-electron chi connectivity index (χ0n) is 16.5. The number of fused-ring (bicyclic) bond motifs is 2. The number of ketones is 1. The van der Waals surface area contributed by atoms with Crippen LogP contribution in [0.15, 0.2) is 51.7 Å². The quantitative estimate of drug-likeness (QED) is 0.458. The van der Waals surface area contributed by atoms with E-state index in [1.165, 1.54) is 25.3 Å². The second kappa shape index (κ2) is 6.25. The van der Waals surface area contributed by atoms with Crippen LogP contribution in [0, 0.1) is 5.92 Å². The van der Waals surface area contributed by atoms with Gasteiger partial charge in [-0.25, -0.2) is 9.59 Å². The Bertz CT molecular complexity index is 1140. The number of Topliss-reactive ketones (excluding diaryl/α,β-unsaturated/α-hetero) is 1. The van der Waals surface area contributed by atoms with Gasteiger partial charge in [0.25, 0.3) is 0 Å². The molecule has 3 N–H and O–H groups in total. The van der Waals surface area contributed by atoms with Gasteiger partial charge in [0.2, 0.25) is 5.60 Å². The van der Waals surface area contributed by atoms with E-state index in [9.17, 15) is 29.7 Å². The molecule has 162 valence electrons. The van der Waals surface area contributed by atoms with Crippen LogP contribution in [0.2, 0.25) is 0 Å². The third kappa shape index (κ3) is 2.39. The van der Waals surface area contributed by atoms with Crippen LogP contribution in [0.25, 0.3) is 0 Å². The fraction of sp³-hybridized carbons (Fsp3) is 0.409. The summed E-state index contributed by atoms with van der Waals surface area (Å²) in [6.07, 6.45) is -1.37. The first-order valence-corrected chi connectivity index (χ1v) is 9.81. The summed E-state index contributed by atoms with van der Waals surface area (Å²) in [5, 5.41) is 35.1. The zero-order valence-corrected chi connectivity index (χ0v) is 16.5. The normalized spacial score (nSPS) is 38.1. The van der Waals surface area contributed by atoms with Crippen LogP contribution in [-0.4, -0.2) is 57.1 Å². The van der Waals surface area contributed by atoms with Crippen molar-refractivity contribution in [2.75, 3.05) is 7.11 Å². The maximum Gasteiger partial charge on any atom is 0.342 e. The highest BCUT2D eigenvalue weighted by molar-refractivity contribution is 6.04. The van der Waals surface area contributed by atoms with Gasteiger partial charge in [-0.05, 0) is 0 Å². The molecule has 2 aromatic rings. The molecule has 0 spiro atoms. The molecule has 2 aliphatic carbocycles. The first-order chi connectivity index (χ1) is 14.6. The zero-order chi connectivity index (χ0) is 22.2. The molecule has 0 radical (unpaired) electrons. The van der Waals surface area contributed by atoms with Gasteiger partial charge in [-0.2, -0.15) is 0 Å². The standard InChI is InChI=1S/C22H20O9/c1-29-12-7-14(31-15(23)8-12)17-20(26)9-13-10-21(17,27)22(28,19(25)30-13)18(20)16(24)11-5-3-2-4-6-11/h2-8,13,17-18,26-28H,9-10H2,1H3/t13-,17-,18-,20-,21+,22+/m0/s1. The van der Waals surface area contributed by atoms with E-state index < -0.39 is 52.1 Å². The van der Waals surface area contributed by atoms with Gasteiger partial charge < -0.3 is 29.2 Å². The number of ether oxygens (including phenoxy) is 2. The smallest absolute Gasteiger partial charge is 0.342 e. The van der Waals surface area contributed by atoms with Gasteiger partial charge in [-0.3, -0.25) is 4.79 Å². The molecule has 0 unspecified atom stereocenters. The summed E-state index contributed by atoms with van der Waals surface area (Å²) in [5.74, 6) is -5.19. The van der Waals surface area contributed by atoms with E-state index in [1.54, 1.807) is 18.2 Å². The summed E-state index contributed by atoms with van der Waals surface area (Å²) in [6.45, 7) is 0. The van der Waals surface area contributed by atoms with Gasteiger partial charge in [0.05, 0.1) is 30.6 Å². The van der Waals surface area contributed by atoms with Crippen LogP contribution in [0.1, 0.15) is 34.9 Å². The largest absolute Gasteiger partial charge is 0.496 e. The molecule has 3 bridgehead atoms. The Hall–Kier alpha value is -3.01. The Kier molecular flexibility index (Phi) is 4.02. The number of rotatable bonds is 4. The predicted octanol–water partition coefficient (Wildman–Crippen LogP) is 0.157. The first-order valence-electron chi connectivity index (χ1n) is 9.81. The molecule has 1 aromatic heterocycles. The number of carbonyl (C=O) groups is 2. The Balaban J connectivity index is 1.76. The molecule has 9 nitrogen and oxygen atoms in total. The van der Waals surface area contributed by atoms with Crippen molar-refractivity contribution in [2.45, 2.75) is 41.7 Å². The number of carbonyl (C=O) groups excluding carboxylic acids is 2. The lowest BCUT2D eigenvalue weighted by Gasteiger charge is -2.49. The Morgan fingerprint density at radius 1 is 1.10 bits per heavy atom. The van der Waals surface area contributed by atoms with E-state index in [1.807, 2.05) is 0 Å². The molecule has 0 amide bonds. The number of esters is 1. The molecule has 5 rings (SSSR count). The first kappa shape index (κ1) is 19.9. The maximum atomic E-state index is 13.5. The molecule has 6 atom stereocenters. The Labute approximate surface area is 175 Å². The van der Waals surface area contributed by atoms with Crippen molar-refractivity contribution in [1.82, 2.24) is 0 Å². The van der Waals surface area contributed by atoms with Gasteiger partial charge in [0.15, 0.2) is 5.78 Å². The SMILES string of the molecule is COc1cc([C@H]2[C@@]3(O)C[C@H]4C[C@]2(O)[C@](O)(C(=O)O4)[C@H]3C(=O)c2ccccc2)oc(=O)c1. The monoisotopic (exact) mass is 428 g/mol. The maximum absolute atomic E-state index is 13.5. The number of methoxy groups -OCH3 is 1. The minimum absolute atomic E-state index is 0.106. The third-order valence-corrected chi connectivity index (χ3v) is 6.84. The lowest BCUT2D eigenvalue weighted by atomic mass is 9.67. The molecular formula is C22H20O9. The van der Waals surface area contributed by atoms with Crippen molar-refractivity contribution in [3.05, 3.63) is 64.2 Å². The van der Waals surface area contributed by atoms with Gasteiger partial charge in [0, 0.05) is 24.5 Å². The minimum Gasteiger partial charge on any atom is -0.496 e.